The number of aliphatic carboxylic acids is 1. The summed E-state index contributed by atoms with van der Waals surface area (Å²) in [5.74, 6) is -1.24. The highest BCUT2D eigenvalue weighted by molar-refractivity contribution is 5.95. The number of anilines is 2. The van der Waals surface area contributed by atoms with Gasteiger partial charge >= 0.3 is 12.1 Å². The smallest absolute Gasteiger partial charge is 0.414 e. The first-order valence-electron chi connectivity index (χ1n) is 8.40. The molecule has 0 saturated carbocycles. The molecular formula is C17H23N3O7. The zero-order valence-corrected chi connectivity index (χ0v) is 14.9. The van der Waals surface area contributed by atoms with Crippen LogP contribution in [0.3, 0.4) is 0 Å². The Morgan fingerprint density at radius 1 is 1.26 bits per heavy atom. The Labute approximate surface area is 156 Å². The third-order valence-corrected chi connectivity index (χ3v) is 3.95. The number of nitrogens with zero attached hydrogens (tertiary/aromatic N) is 2. The highest BCUT2D eigenvalue weighted by Gasteiger charge is 2.31. The van der Waals surface area contributed by atoms with Crippen molar-refractivity contribution in [2.75, 3.05) is 42.6 Å². The molecule has 10 heteroatoms. The van der Waals surface area contributed by atoms with Crippen LogP contribution in [0.4, 0.5) is 16.2 Å². The van der Waals surface area contributed by atoms with E-state index < -0.39 is 12.1 Å². The zero-order valence-electron chi connectivity index (χ0n) is 14.9. The molecule has 2 aliphatic rings. The number of rotatable bonds is 4. The molecule has 0 aromatic heterocycles. The Balaban J connectivity index is 0.000000380. The maximum absolute atomic E-state index is 11.8. The largest absolute Gasteiger partial charge is 0.479 e. The molecule has 0 spiro atoms. The summed E-state index contributed by atoms with van der Waals surface area (Å²) in [5, 5.41) is 15.8. The lowest BCUT2D eigenvalue weighted by molar-refractivity contribution is -0.145. The molecule has 2 heterocycles. The molecule has 2 saturated heterocycles. The molecule has 2 atom stereocenters. The summed E-state index contributed by atoms with van der Waals surface area (Å²) in [4.78, 5) is 36.2. The van der Waals surface area contributed by atoms with Gasteiger partial charge in [0, 0.05) is 24.5 Å². The average molecular weight is 381 g/mol. The average Bonchev–Trinajstić information content (AvgIpc) is 3.04. The number of cyclic esters (lactones) is 1. The summed E-state index contributed by atoms with van der Waals surface area (Å²) in [5.41, 5.74) is 7.05. The number of hydrogen-bond acceptors (Lipinski definition) is 7. The number of carbonyl (C=O) groups is 3. The van der Waals surface area contributed by atoms with Crippen molar-refractivity contribution in [1.29, 1.82) is 0 Å². The minimum atomic E-state index is -1.23. The Kier molecular flexibility index (Phi) is 7.11. The van der Waals surface area contributed by atoms with Gasteiger partial charge < -0.3 is 30.3 Å². The molecule has 1 aromatic carbocycles. The number of hydrogen-bond donors (Lipinski definition) is 3. The normalized spacial score (nSPS) is 20.6. The van der Waals surface area contributed by atoms with Crippen molar-refractivity contribution < 1.29 is 34.1 Å². The molecular weight excluding hydrogens is 358 g/mol. The van der Waals surface area contributed by atoms with E-state index in [-0.39, 0.29) is 24.7 Å². The van der Waals surface area contributed by atoms with Crippen LogP contribution in [0.5, 0.6) is 0 Å². The highest BCUT2D eigenvalue weighted by Crippen LogP contribution is 2.25. The summed E-state index contributed by atoms with van der Waals surface area (Å²) in [6.45, 7) is 3.14. The number of benzene rings is 1. The number of aliphatic hydroxyl groups is 1. The fourth-order valence-electron chi connectivity index (χ4n) is 2.46. The van der Waals surface area contributed by atoms with E-state index in [9.17, 15) is 14.4 Å². The molecule has 4 N–H and O–H groups in total. The van der Waals surface area contributed by atoms with Crippen LogP contribution in [0.25, 0.3) is 0 Å². The van der Waals surface area contributed by atoms with Crippen LogP contribution in [-0.2, 0) is 19.1 Å². The van der Waals surface area contributed by atoms with Gasteiger partial charge in [0.1, 0.15) is 18.8 Å². The number of aliphatic hydroxyl groups excluding tert-OH is 1. The monoisotopic (exact) mass is 381 g/mol. The quantitative estimate of drug-likeness (QED) is 0.650. The number of carboxylic acids is 1. The fourth-order valence-corrected chi connectivity index (χ4v) is 2.46. The standard InChI is InChI=1S/C14H17N3O4.C3H6O3/c15-7-12-8-17(14(19)21-12)11-3-1-10(2-4-11)16-5-6-20-9-13(16)18;1-2(4)3(5)6/h1-4,12H,5-9,15H2;2,4H,1H3,(H,5,6)/t12-;/m0./s1. The molecule has 27 heavy (non-hydrogen) atoms. The molecule has 2 aliphatic heterocycles. The molecule has 10 nitrogen and oxygen atoms in total. The van der Waals surface area contributed by atoms with E-state index in [0.29, 0.717) is 26.2 Å². The molecule has 148 valence electrons. The molecule has 2 amide bonds. The number of ether oxygens (including phenoxy) is 2. The van der Waals surface area contributed by atoms with E-state index in [0.717, 1.165) is 11.4 Å². The summed E-state index contributed by atoms with van der Waals surface area (Å²) >= 11 is 0. The van der Waals surface area contributed by atoms with Crippen molar-refractivity contribution in [3.8, 4) is 0 Å². The molecule has 0 bridgehead atoms. The number of carboxylic acid groups (broad SMARTS) is 1. The predicted molar refractivity (Wildman–Crippen MR) is 95.6 cm³/mol. The number of nitrogens with two attached hydrogens (primary N) is 1. The number of morpholine rings is 1. The molecule has 0 radical (unpaired) electrons. The fraction of sp³-hybridized carbons (Fsp3) is 0.471. The third-order valence-electron chi connectivity index (χ3n) is 3.95. The van der Waals surface area contributed by atoms with E-state index in [2.05, 4.69) is 0 Å². The highest BCUT2D eigenvalue weighted by atomic mass is 16.6. The Morgan fingerprint density at radius 2 is 1.81 bits per heavy atom. The van der Waals surface area contributed by atoms with Gasteiger partial charge in [0.15, 0.2) is 0 Å². The van der Waals surface area contributed by atoms with Crippen LogP contribution in [0, 0.1) is 0 Å². The van der Waals surface area contributed by atoms with E-state index in [4.69, 9.17) is 25.4 Å². The Hall–Kier alpha value is -2.69. The predicted octanol–water partition coefficient (Wildman–Crippen LogP) is -0.215. The van der Waals surface area contributed by atoms with E-state index in [1.807, 2.05) is 12.1 Å². The molecule has 3 rings (SSSR count). The second kappa shape index (κ2) is 9.31. The summed E-state index contributed by atoms with van der Waals surface area (Å²) in [7, 11) is 0. The summed E-state index contributed by atoms with van der Waals surface area (Å²) in [6.07, 6.45) is -1.89. The van der Waals surface area contributed by atoms with Gasteiger partial charge in [-0.2, -0.15) is 0 Å². The van der Waals surface area contributed by atoms with Crippen molar-refractivity contribution in [3.05, 3.63) is 24.3 Å². The van der Waals surface area contributed by atoms with Gasteiger partial charge in [-0.15, -0.1) is 0 Å². The van der Waals surface area contributed by atoms with E-state index >= 15 is 0 Å². The van der Waals surface area contributed by atoms with Gasteiger partial charge in [-0.1, -0.05) is 0 Å². The van der Waals surface area contributed by atoms with Gasteiger partial charge in [-0.3, -0.25) is 9.69 Å². The molecule has 1 aromatic rings. The van der Waals surface area contributed by atoms with Crippen molar-refractivity contribution in [2.45, 2.75) is 19.1 Å². The first-order valence-corrected chi connectivity index (χ1v) is 8.40. The van der Waals surface area contributed by atoms with Crippen LogP contribution in [0.1, 0.15) is 6.92 Å². The number of carbonyl (C=O) groups excluding carboxylic acids is 2. The maximum atomic E-state index is 11.8. The Morgan fingerprint density at radius 3 is 2.26 bits per heavy atom. The molecule has 2 fully saturated rings. The first-order chi connectivity index (χ1) is 12.8. The zero-order chi connectivity index (χ0) is 20.0. The van der Waals surface area contributed by atoms with Crippen LogP contribution in [-0.4, -0.2) is 73.2 Å². The van der Waals surface area contributed by atoms with Gasteiger partial charge in [0.05, 0.1) is 13.2 Å². The number of amides is 2. The molecule has 1 unspecified atom stereocenters. The van der Waals surface area contributed by atoms with Gasteiger partial charge in [-0.25, -0.2) is 9.59 Å². The lowest BCUT2D eigenvalue weighted by atomic mass is 10.2. The van der Waals surface area contributed by atoms with Crippen LogP contribution < -0.4 is 15.5 Å². The minimum absolute atomic E-state index is 0.0576. The van der Waals surface area contributed by atoms with Crippen molar-refractivity contribution in [3.63, 3.8) is 0 Å². The Bertz CT molecular complexity index is 678. The van der Waals surface area contributed by atoms with Crippen molar-refractivity contribution in [2.24, 2.45) is 5.73 Å². The lowest BCUT2D eigenvalue weighted by Gasteiger charge is -2.27. The van der Waals surface area contributed by atoms with Crippen molar-refractivity contribution in [1.82, 2.24) is 0 Å². The second-order valence-corrected chi connectivity index (χ2v) is 5.98. The lowest BCUT2D eigenvalue weighted by Crippen LogP contribution is -2.41. The van der Waals surface area contributed by atoms with Gasteiger partial charge in [0.2, 0.25) is 0 Å². The van der Waals surface area contributed by atoms with Crippen LogP contribution in [0.2, 0.25) is 0 Å². The summed E-state index contributed by atoms with van der Waals surface area (Å²) < 4.78 is 10.2. The van der Waals surface area contributed by atoms with Gasteiger partial charge in [0.25, 0.3) is 5.91 Å². The maximum Gasteiger partial charge on any atom is 0.414 e. The topological polar surface area (TPSA) is 143 Å². The van der Waals surface area contributed by atoms with Crippen molar-refractivity contribution >= 4 is 29.3 Å². The second-order valence-electron chi connectivity index (χ2n) is 5.98. The SMILES string of the molecule is CC(O)C(=O)O.NC[C@H]1CN(c2ccc(N3CCOCC3=O)cc2)C(=O)O1. The van der Waals surface area contributed by atoms with Gasteiger partial charge in [-0.05, 0) is 31.2 Å². The molecule has 0 aliphatic carbocycles. The van der Waals surface area contributed by atoms with E-state index in [1.54, 1.807) is 21.9 Å². The van der Waals surface area contributed by atoms with E-state index in [1.165, 1.54) is 6.92 Å². The summed E-state index contributed by atoms with van der Waals surface area (Å²) in [6, 6.07) is 7.25. The van der Waals surface area contributed by atoms with Crippen LogP contribution >= 0.6 is 0 Å². The first kappa shape index (κ1) is 20.6. The van der Waals surface area contributed by atoms with Crippen LogP contribution in [0.15, 0.2) is 24.3 Å². The minimum Gasteiger partial charge on any atom is -0.479 e. The third kappa shape index (κ3) is 5.39.